The molecule has 0 bridgehead atoms. The molecule has 0 spiro atoms. The van der Waals surface area contributed by atoms with Gasteiger partial charge in [-0.15, -0.1) is 11.3 Å². The predicted molar refractivity (Wildman–Crippen MR) is 111 cm³/mol. The Morgan fingerprint density at radius 3 is 2.68 bits per heavy atom. The van der Waals surface area contributed by atoms with Crippen LogP contribution in [0.25, 0.3) is 0 Å². The number of sulfonamides is 1. The molecule has 0 aliphatic carbocycles. The van der Waals surface area contributed by atoms with Crippen LogP contribution >= 0.6 is 11.3 Å². The van der Waals surface area contributed by atoms with E-state index in [-0.39, 0.29) is 10.9 Å². The van der Waals surface area contributed by atoms with Crippen molar-refractivity contribution in [2.24, 2.45) is 0 Å². The standard InChI is InChI=1S/C20H21N3O3S2/c1-15-4-2-3-5-19(15)26-17-6-8-18(9-7-17)28(24,25)22-16-10-12-23(14-16)20-21-11-13-27-20/h2-9,11,13,16,22H,10,12,14H2,1H3. The highest BCUT2D eigenvalue weighted by Crippen LogP contribution is 2.26. The smallest absolute Gasteiger partial charge is 0.240 e. The van der Waals surface area contributed by atoms with Crippen LogP contribution in [0, 0.1) is 6.92 Å². The fourth-order valence-electron chi connectivity index (χ4n) is 3.17. The van der Waals surface area contributed by atoms with Crippen LogP contribution in [0.2, 0.25) is 0 Å². The topological polar surface area (TPSA) is 71.5 Å². The summed E-state index contributed by atoms with van der Waals surface area (Å²) in [5.74, 6) is 1.36. The SMILES string of the molecule is Cc1ccccc1Oc1ccc(S(=O)(=O)NC2CCN(c3nccs3)C2)cc1. The number of rotatable bonds is 6. The van der Waals surface area contributed by atoms with Gasteiger partial charge in [0.2, 0.25) is 10.0 Å². The summed E-state index contributed by atoms with van der Waals surface area (Å²) in [6, 6.07) is 14.1. The average Bonchev–Trinajstić information content (AvgIpc) is 3.35. The Balaban J connectivity index is 1.41. The Kier molecular flexibility index (Phi) is 5.34. The van der Waals surface area contributed by atoms with Crippen LogP contribution in [-0.2, 0) is 10.0 Å². The lowest BCUT2D eigenvalue weighted by Crippen LogP contribution is -2.37. The highest BCUT2D eigenvalue weighted by molar-refractivity contribution is 7.89. The summed E-state index contributed by atoms with van der Waals surface area (Å²) in [7, 11) is -3.58. The van der Waals surface area contributed by atoms with Gasteiger partial charge in [0.25, 0.3) is 0 Å². The largest absolute Gasteiger partial charge is 0.457 e. The van der Waals surface area contributed by atoms with E-state index < -0.39 is 10.0 Å². The molecule has 146 valence electrons. The molecule has 1 N–H and O–H groups in total. The van der Waals surface area contributed by atoms with Gasteiger partial charge in [0.1, 0.15) is 11.5 Å². The van der Waals surface area contributed by atoms with Crippen molar-refractivity contribution in [1.82, 2.24) is 9.71 Å². The lowest BCUT2D eigenvalue weighted by Gasteiger charge is -2.16. The molecule has 1 saturated heterocycles. The molecule has 1 aromatic heterocycles. The summed E-state index contributed by atoms with van der Waals surface area (Å²) >= 11 is 1.56. The van der Waals surface area contributed by atoms with Gasteiger partial charge in [0.05, 0.1) is 4.90 Å². The van der Waals surface area contributed by atoms with E-state index in [0.29, 0.717) is 12.3 Å². The third kappa shape index (κ3) is 4.19. The maximum atomic E-state index is 12.7. The van der Waals surface area contributed by atoms with Gasteiger partial charge in [0, 0.05) is 30.7 Å². The van der Waals surface area contributed by atoms with Crippen LogP contribution in [0.4, 0.5) is 5.13 Å². The van der Waals surface area contributed by atoms with Crippen LogP contribution in [0.3, 0.4) is 0 Å². The van der Waals surface area contributed by atoms with Crippen molar-refractivity contribution in [3.63, 3.8) is 0 Å². The molecular formula is C20H21N3O3S2. The molecule has 1 aliphatic rings. The molecule has 6 nitrogen and oxygen atoms in total. The number of hydrogen-bond acceptors (Lipinski definition) is 6. The first kappa shape index (κ1) is 18.9. The number of ether oxygens (including phenoxy) is 1. The molecule has 0 amide bonds. The molecule has 2 aromatic carbocycles. The van der Waals surface area contributed by atoms with Crippen LogP contribution in [0.15, 0.2) is 65.0 Å². The number of anilines is 1. The highest BCUT2D eigenvalue weighted by atomic mass is 32.2. The van der Waals surface area contributed by atoms with Crippen molar-refractivity contribution >= 4 is 26.5 Å². The third-order valence-corrected chi connectivity index (χ3v) is 7.02. The Labute approximate surface area is 168 Å². The van der Waals surface area contributed by atoms with Gasteiger partial charge in [-0.25, -0.2) is 18.1 Å². The van der Waals surface area contributed by atoms with E-state index >= 15 is 0 Å². The Morgan fingerprint density at radius 1 is 1.18 bits per heavy atom. The van der Waals surface area contributed by atoms with E-state index in [1.54, 1.807) is 41.8 Å². The molecule has 0 radical (unpaired) electrons. The monoisotopic (exact) mass is 415 g/mol. The molecular weight excluding hydrogens is 394 g/mol. The number of aryl methyl sites for hydroxylation is 1. The molecule has 1 unspecified atom stereocenters. The second-order valence-corrected chi connectivity index (χ2v) is 9.29. The normalized spacial score (nSPS) is 17.0. The van der Waals surface area contributed by atoms with E-state index in [1.807, 2.05) is 36.6 Å². The summed E-state index contributed by atoms with van der Waals surface area (Å²) in [5.41, 5.74) is 1.02. The molecule has 4 rings (SSSR count). The van der Waals surface area contributed by atoms with Crippen molar-refractivity contribution in [1.29, 1.82) is 0 Å². The lowest BCUT2D eigenvalue weighted by atomic mass is 10.2. The van der Waals surface area contributed by atoms with E-state index in [0.717, 1.165) is 29.4 Å². The number of nitrogens with zero attached hydrogens (tertiary/aromatic N) is 2. The zero-order valence-corrected chi connectivity index (χ0v) is 17.0. The summed E-state index contributed by atoms with van der Waals surface area (Å²) in [4.78, 5) is 6.63. The van der Waals surface area contributed by atoms with Gasteiger partial charge in [-0.05, 0) is 49.2 Å². The van der Waals surface area contributed by atoms with E-state index in [1.165, 1.54) is 0 Å². The maximum absolute atomic E-state index is 12.7. The molecule has 1 fully saturated rings. The fourth-order valence-corrected chi connectivity index (χ4v) is 5.12. The quantitative estimate of drug-likeness (QED) is 0.663. The van der Waals surface area contributed by atoms with E-state index in [9.17, 15) is 8.42 Å². The molecule has 2 heterocycles. The molecule has 1 aliphatic heterocycles. The first-order valence-electron chi connectivity index (χ1n) is 9.01. The molecule has 0 saturated carbocycles. The first-order chi connectivity index (χ1) is 13.5. The van der Waals surface area contributed by atoms with Gasteiger partial charge in [-0.3, -0.25) is 0 Å². The second kappa shape index (κ2) is 7.90. The Morgan fingerprint density at radius 2 is 1.96 bits per heavy atom. The second-order valence-electron chi connectivity index (χ2n) is 6.71. The minimum absolute atomic E-state index is 0.128. The van der Waals surface area contributed by atoms with Crippen molar-refractivity contribution in [3.8, 4) is 11.5 Å². The van der Waals surface area contributed by atoms with Gasteiger partial charge in [-0.2, -0.15) is 0 Å². The molecule has 1 atom stereocenters. The summed E-state index contributed by atoms with van der Waals surface area (Å²) in [6.07, 6.45) is 2.52. The third-order valence-electron chi connectivity index (χ3n) is 4.66. The van der Waals surface area contributed by atoms with Gasteiger partial charge in [0.15, 0.2) is 5.13 Å². The minimum atomic E-state index is -3.58. The highest BCUT2D eigenvalue weighted by Gasteiger charge is 2.28. The average molecular weight is 416 g/mol. The number of aromatic nitrogens is 1. The van der Waals surface area contributed by atoms with Gasteiger partial charge >= 0.3 is 0 Å². The number of para-hydroxylation sites is 1. The lowest BCUT2D eigenvalue weighted by molar-refractivity contribution is 0.478. The number of hydrogen-bond donors (Lipinski definition) is 1. The zero-order valence-electron chi connectivity index (χ0n) is 15.4. The molecule has 3 aromatic rings. The summed E-state index contributed by atoms with van der Waals surface area (Å²) < 4.78 is 34.1. The van der Waals surface area contributed by atoms with Crippen molar-refractivity contribution in [3.05, 3.63) is 65.7 Å². The number of benzene rings is 2. The molecule has 8 heteroatoms. The minimum Gasteiger partial charge on any atom is -0.457 e. The summed E-state index contributed by atoms with van der Waals surface area (Å²) in [5, 5.41) is 2.85. The van der Waals surface area contributed by atoms with Crippen LogP contribution < -0.4 is 14.4 Å². The van der Waals surface area contributed by atoms with Gasteiger partial charge in [-0.1, -0.05) is 18.2 Å². The van der Waals surface area contributed by atoms with E-state index in [4.69, 9.17) is 4.74 Å². The van der Waals surface area contributed by atoms with Crippen molar-refractivity contribution in [2.75, 3.05) is 18.0 Å². The molecule has 28 heavy (non-hydrogen) atoms. The summed E-state index contributed by atoms with van der Waals surface area (Å²) in [6.45, 7) is 3.39. The van der Waals surface area contributed by atoms with Crippen LogP contribution in [0.5, 0.6) is 11.5 Å². The zero-order chi connectivity index (χ0) is 19.6. The fraction of sp³-hybridized carbons (Fsp3) is 0.250. The van der Waals surface area contributed by atoms with E-state index in [2.05, 4.69) is 14.6 Å². The van der Waals surface area contributed by atoms with Crippen LogP contribution in [-0.4, -0.2) is 32.5 Å². The first-order valence-corrected chi connectivity index (χ1v) is 11.4. The Hall–Kier alpha value is -2.42. The number of nitrogens with one attached hydrogen (secondary N) is 1. The maximum Gasteiger partial charge on any atom is 0.240 e. The van der Waals surface area contributed by atoms with Gasteiger partial charge < -0.3 is 9.64 Å². The van der Waals surface area contributed by atoms with Crippen LogP contribution in [0.1, 0.15) is 12.0 Å². The number of thiazole rings is 1. The van der Waals surface area contributed by atoms with Crippen molar-refractivity contribution in [2.45, 2.75) is 24.3 Å². The van der Waals surface area contributed by atoms with Crippen molar-refractivity contribution < 1.29 is 13.2 Å². The Bertz CT molecular complexity index is 1030. The predicted octanol–water partition coefficient (Wildman–Crippen LogP) is 3.80.